The Labute approximate surface area is 114 Å². The summed E-state index contributed by atoms with van der Waals surface area (Å²) in [6.07, 6.45) is 2.51. The highest BCUT2D eigenvalue weighted by Gasteiger charge is 2.10. The van der Waals surface area contributed by atoms with E-state index in [0.29, 0.717) is 18.3 Å². The predicted octanol–water partition coefficient (Wildman–Crippen LogP) is 1.49. The molecule has 0 aliphatic rings. The normalized spacial score (nSPS) is 14.0. The van der Waals surface area contributed by atoms with Gasteiger partial charge in [-0.3, -0.25) is 4.21 Å². The molecule has 6 nitrogen and oxygen atoms in total. The summed E-state index contributed by atoms with van der Waals surface area (Å²) < 4.78 is 16.4. The van der Waals surface area contributed by atoms with E-state index < -0.39 is 10.8 Å². The summed E-state index contributed by atoms with van der Waals surface area (Å²) in [4.78, 5) is 11.9. The lowest BCUT2D eigenvalue weighted by molar-refractivity contribution is 0.291. The number of nitrogens with one attached hydrogen (secondary N) is 1. The van der Waals surface area contributed by atoms with Crippen LogP contribution >= 0.6 is 11.6 Å². The highest BCUT2D eigenvalue weighted by Crippen LogP contribution is 2.12. The van der Waals surface area contributed by atoms with Crippen molar-refractivity contribution in [3.05, 3.63) is 5.28 Å². The molecule has 0 saturated heterocycles. The minimum absolute atomic E-state index is 0.0201. The molecule has 0 saturated carbocycles. The Kier molecular flexibility index (Phi) is 6.28. The first-order valence-electron chi connectivity index (χ1n) is 5.62. The molecule has 1 aromatic heterocycles. The second kappa shape index (κ2) is 7.48. The van der Waals surface area contributed by atoms with Crippen LogP contribution < -0.4 is 10.1 Å². The van der Waals surface area contributed by atoms with E-state index in [-0.39, 0.29) is 17.3 Å². The van der Waals surface area contributed by atoms with E-state index in [1.165, 1.54) is 0 Å². The van der Waals surface area contributed by atoms with Gasteiger partial charge in [-0.1, -0.05) is 6.92 Å². The molecule has 18 heavy (non-hydrogen) atoms. The maximum Gasteiger partial charge on any atom is 0.322 e. The zero-order chi connectivity index (χ0) is 13.5. The Morgan fingerprint density at radius 3 is 2.78 bits per heavy atom. The van der Waals surface area contributed by atoms with Crippen LogP contribution in [0.4, 0.5) is 5.95 Å². The van der Waals surface area contributed by atoms with Gasteiger partial charge in [-0.05, 0) is 24.9 Å². The van der Waals surface area contributed by atoms with Gasteiger partial charge in [0.25, 0.3) is 0 Å². The number of hydrogen-bond donors (Lipinski definition) is 1. The lowest BCUT2D eigenvalue weighted by atomic mass is 10.4. The molecule has 2 atom stereocenters. The zero-order valence-corrected chi connectivity index (χ0v) is 12.2. The number of anilines is 1. The first-order chi connectivity index (χ1) is 8.51. The number of ether oxygens (including phenoxy) is 1. The molecule has 1 rings (SSSR count). The summed E-state index contributed by atoms with van der Waals surface area (Å²) in [5, 5.41) is 3.08. The van der Waals surface area contributed by atoms with Crippen molar-refractivity contribution in [1.82, 2.24) is 15.0 Å². The fourth-order valence-electron chi connectivity index (χ4n) is 1.27. The van der Waals surface area contributed by atoms with Crippen LogP contribution in [0.25, 0.3) is 0 Å². The highest BCUT2D eigenvalue weighted by molar-refractivity contribution is 7.84. The van der Waals surface area contributed by atoms with Gasteiger partial charge < -0.3 is 10.1 Å². The maximum atomic E-state index is 11.1. The van der Waals surface area contributed by atoms with Gasteiger partial charge in [0.15, 0.2) is 0 Å². The van der Waals surface area contributed by atoms with Crippen LogP contribution in [-0.2, 0) is 10.8 Å². The number of nitrogens with zero attached hydrogens (tertiary/aromatic N) is 3. The van der Waals surface area contributed by atoms with Crippen molar-refractivity contribution in [3.8, 4) is 6.01 Å². The van der Waals surface area contributed by atoms with Crippen LogP contribution in [0.15, 0.2) is 0 Å². The summed E-state index contributed by atoms with van der Waals surface area (Å²) in [5.41, 5.74) is 0. The Balaban J connectivity index is 2.69. The van der Waals surface area contributed by atoms with Crippen molar-refractivity contribution in [2.75, 3.05) is 23.9 Å². The Bertz CT molecular complexity index is 419. The number of hydrogen-bond acceptors (Lipinski definition) is 6. The molecule has 1 heterocycles. The van der Waals surface area contributed by atoms with Gasteiger partial charge >= 0.3 is 6.01 Å². The van der Waals surface area contributed by atoms with E-state index in [1.54, 1.807) is 6.26 Å². The number of aromatic nitrogens is 3. The van der Waals surface area contributed by atoms with Crippen LogP contribution in [0.1, 0.15) is 20.3 Å². The van der Waals surface area contributed by atoms with Crippen LogP contribution in [0.3, 0.4) is 0 Å². The van der Waals surface area contributed by atoms with E-state index in [1.807, 2.05) is 13.8 Å². The Hall–Kier alpha value is -0.950. The predicted molar refractivity (Wildman–Crippen MR) is 72.6 cm³/mol. The standard InChI is InChI=1S/C10H17ClN4O2S/c1-4-5-17-10-14-8(11)13-9(15-10)12-7(2)6-18(3)16/h7H,4-6H2,1-3H3,(H,12,13,14,15). The lowest BCUT2D eigenvalue weighted by Gasteiger charge is -2.12. The van der Waals surface area contributed by atoms with Gasteiger partial charge in [-0.15, -0.1) is 0 Å². The average molecular weight is 293 g/mol. The molecule has 0 amide bonds. The molecule has 1 N–H and O–H groups in total. The molecule has 0 aliphatic carbocycles. The smallest absolute Gasteiger partial charge is 0.322 e. The van der Waals surface area contributed by atoms with Gasteiger partial charge in [0.05, 0.1) is 6.61 Å². The first-order valence-corrected chi connectivity index (χ1v) is 7.72. The molecule has 0 aliphatic heterocycles. The maximum absolute atomic E-state index is 11.1. The third-order valence-corrected chi connectivity index (χ3v) is 3.02. The van der Waals surface area contributed by atoms with Gasteiger partial charge in [-0.25, -0.2) is 0 Å². The van der Waals surface area contributed by atoms with Gasteiger partial charge in [0, 0.05) is 28.9 Å². The summed E-state index contributed by atoms with van der Waals surface area (Å²) in [5.74, 6) is 0.841. The average Bonchev–Trinajstić information content (AvgIpc) is 2.24. The van der Waals surface area contributed by atoms with Crippen molar-refractivity contribution >= 4 is 28.3 Å². The van der Waals surface area contributed by atoms with Gasteiger partial charge in [-0.2, -0.15) is 15.0 Å². The molecule has 0 aromatic carbocycles. The lowest BCUT2D eigenvalue weighted by Crippen LogP contribution is -2.23. The zero-order valence-electron chi connectivity index (χ0n) is 10.6. The van der Waals surface area contributed by atoms with Gasteiger partial charge in [0.1, 0.15) is 0 Å². The second-order valence-electron chi connectivity index (χ2n) is 3.84. The van der Waals surface area contributed by atoms with Crippen molar-refractivity contribution in [2.24, 2.45) is 0 Å². The molecular formula is C10H17ClN4O2S. The highest BCUT2D eigenvalue weighted by atomic mass is 35.5. The first kappa shape index (κ1) is 15.1. The van der Waals surface area contributed by atoms with E-state index in [2.05, 4.69) is 20.3 Å². The fraction of sp³-hybridized carbons (Fsp3) is 0.700. The number of rotatable bonds is 7. The molecule has 0 spiro atoms. The summed E-state index contributed by atoms with van der Waals surface area (Å²) >= 11 is 5.78. The third-order valence-electron chi connectivity index (χ3n) is 1.88. The fourth-order valence-corrected chi connectivity index (χ4v) is 2.21. The van der Waals surface area contributed by atoms with Crippen LogP contribution in [-0.4, -0.2) is 43.8 Å². The van der Waals surface area contributed by atoms with E-state index in [0.717, 1.165) is 6.42 Å². The van der Waals surface area contributed by atoms with Crippen molar-refractivity contribution in [2.45, 2.75) is 26.3 Å². The summed E-state index contributed by atoms with van der Waals surface area (Å²) in [6.45, 7) is 4.40. The van der Waals surface area contributed by atoms with Crippen molar-refractivity contribution in [3.63, 3.8) is 0 Å². The van der Waals surface area contributed by atoms with E-state index in [4.69, 9.17) is 16.3 Å². The minimum Gasteiger partial charge on any atom is -0.463 e. The van der Waals surface area contributed by atoms with Crippen molar-refractivity contribution < 1.29 is 8.95 Å². The third kappa shape index (κ3) is 5.59. The van der Waals surface area contributed by atoms with Gasteiger partial charge in [0.2, 0.25) is 11.2 Å². The molecule has 102 valence electrons. The molecule has 0 bridgehead atoms. The van der Waals surface area contributed by atoms with Crippen LogP contribution in [0.2, 0.25) is 5.28 Å². The molecule has 8 heteroatoms. The Morgan fingerprint density at radius 1 is 1.44 bits per heavy atom. The molecule has 2 unspecified atom stereocenters. The molecule has 0 fully saturated rings. The monoisotopic (exact) mass is 292 g/mol. The van der Waals surface area contributed by atoms with E-state index in [9.17, 15) is 4.21 Å². The van der Waals surface area contributed by atoms with E-state index >= 15 is 0 Å². The second-order valence-corrected chi connectivity index (χ2v) is 5.66. The summed E-state index contributed by atoms with van der Waals surface area (Å²) in [7, 11) is -0.883. The minimum atomic E-state index is -0.883. The summed E-state index contributed by atoms with van der Waals surface area (Å²) in [6, 6.07) is 0.178. The quantitative estimate of drug-likeness (QED) is 0.820. The van der Waals surface area contributed by atoms with Crippen LogP contribution in [0, 0.1) is 0 Å². The largest absolute Gasteiger partial charge is 0.463 e. The number of halogens is 1. The molecule has 0 radical (unpaired) electrons. The van der Waals surface area contributed by atoms with Crippen LogP contribution in [0.5, 0.6) is 6.01 Å². The molecule has 1 aromatic rings. The van der Waals surface area contributed by atoms with Crippen molar-refractivity contribution in [1.29, 1.82) is 0 Å². The SMILES string of the molecule is CCCOc1nc(Cl)nc(NC(C)CS(C)=O)n1. The molecular weight excluding hydrogens is 276 g/mol. The topological polar surface area (TPSA) is 77.0 Å². The Morgan fingerprint density at radius 2 is 2.17 bits per heavy atom.